The van der Waals surface area contributed by atoms with E-state index >= 15 is 0 Å². The molecule has 0 saturated heterocycles. The van der Waals surface area contributed by atoms with Crippen molar-refractivity contribution in [2.45, 2.75) is 13.8 Å². The highest BCUT2D eigenvalue weighted by molar-refractivity contribution is 5.66. The van der Waals surface area contributed by atoms with Crippen LogP contribution in [0.2, 0.25) is 0 Å². The summed E-state index contributed by atoms with van der Waals surface area (Å²) in [5.41, 5.74) is 2.13. The number of anilines is 1. The summed E-state index contributed by atoms with van der Waals surface area (Å²) >= 11 is 0. The third-order valence-electron chi connectivity index (χ3n) is 1.44. The second-order valence-corrected chi connectivity index (χ2v) is 2.14. The summed E-state index contributed by atoms with van der Waals surface area (Å²) in [6.07, 6.45) is 3.47. The maximum absolute atomic E-state index is 3.70. The zero-order chi connectivity index (χ0) is 10.1. The van der Waals surface area contributed by atoms with Gasteiger partial charge in [-0.3, -0.25) is 0 Å². The Kier molecular flexibility index (Phi) is 6.34. The van der Waals surface area contributed by atoms with Gasteiger partial charge in [0, 0.05) is 5.69 Å². The molecule has 0 amide bonds. The lowest BCUT2D eigenvalue weighted by atomic mass is 10.2. The molecule has 13 heavy (non-hydrogen) atoms. The van der Waals surface area contributed by atoms with Crippen molar-refractivity contribution < 1.29 is 0 Å². The fraction of sp³-hybridized carbons (Fsp3) is 0.167. The molecular weight excluding hydrogens is 158 g/mol. The Morgan fingerprint density at radius 2 is 1.77 bits per heavy atom. The minimum Gasteiger partial charge on any atom is -0.362 e. The smallest absolute Gasteiger partial charge is 0.0452 e. The standard InChI is InChI=1S/C10H11N.C2H6/c1-3-9-7-5-6-8-10(9)11-4-2;1-2/h3-8,11H,1-2H2;1-2H3. The van der Waals surface area contributed by atoms with Gasteiger partial charge in [-0.05, 0) is 17.8 Å². The zero-order valence-corrected chi connectivity index (χ0v) is 8.38. The number of hydrogen-bond acceptors (Lipinski definition) is 1. The largest absolute Gasteiger partial charge is 0.362 e. The van der Waals surface area contributed by atoms with E-state index in [1.54, 1.807) is 6.20 Å². The van der Waals surface area contributed by atoms with E-state index in [2.05, 4.69) is 18.5 Å². The van der Waals surface area contributed by atoms with E-state index in [4.69, 9.17) is 0 Å². The van der Waals surface area contributed by atoms with E-state index in [1.165, 1.54) is 0 Å². The van der Waals surface area contributed by atoms with Crippen LogP contribution < -0.4 is 5.32 Å². The predicted molar refractivity (Wildman–Crippen MR) is 61.7 cm³/mol. The van der Waals surface area contributed by atoms with Gasteiger partial charge in [-0.25, -0.2) is 0 Å². The van der Waals surface area contributed by atoms with Crippen LogP contribution in [0.3, 0.4) is 0 Å². The van der Waals surface area contributed by atoms with Crippen LogP contribution in [0.5, 0.6) is 0 Å². The van der Waals surface area contributed by atoms with Gasteiger partial charge in [0.05, 0.1) is 0 Å². The third-order valence-corrected chi connectivity index (χ3v) is 1.44. The zero-order valence-electron chi connectivity index (χ0n) is 8.38. The molecule has 0 aromatic heterocycles. The highest BCUT2D eigenvalue weighted by Crippen LogP contribution is 2.15. The molecule has 1 aromatic carbocycles. The Labute approximate surface area is 80.8 Å². The van der Waals surface area contributed by atoms with Crippen LogP contribution in [-0.4, -0.2) is 0 Å². The third kappa shape index (κ3) is 3.61. The molecular formula is C12H17N. The van der Waals surface area contributed by atoms with Crippen LogP contribution in [0.4, 0.5) is 5.69 Å². The summed E-state index contributed by atoms with van der Waals surface area (Å²) < 4.78 is 0. The number of hydrogen-bond donors (Lipinski definition) is 1. The summed E-state index contributed by atoms with van der Waals surface area (Å²) in [5.74, 6) is 0. The molecule has 0 heterocycles. The van der Waals surface area contributed by atoms with E-state index < -0.39 is 0 Å². The van der Waals surface area contributed by atoms with Crippen LogP contribution in [0, 0.1) is 0 Å². The molecule has 0 aliphatic rings. The van der Waals surface area contributed by atoms with Gasteiger partial charge >= 0.3 is 0 Å². The van der Waals surface area contributed by atoms with Gasteiger partial charge < -0.3 is 5.32 Å². The van der Waals surface area contributed by atoms with E-state index in [-0.39, 0.29) is 0 Å². The van der Waals surface area contributed by atoms with E-state index in [0.29, 0.717) is 0 Å². The summed E-state index contributed by atoms with van der Waals surface area (Å²) in [5, 5.41) is 3.02. The van der Waals surface area contributed by atoms with Gasteiger partial charge in [0.25, 0.3) is 0 Å². The van der Waals surface area contributed by atoms with Crippen molar-refractivity contribution in [2.75, 3.05) is 5.32 Å². The van der Waals surface area contributed by atoms with Gasteiger partial charge in [-0.2, -0.15) is 0 Å². The van der Waals surface area contributed by atoms with Gasteiger partial charge in [0.2, 0.25) is 0 Å². The predicted octanol–water partition coefficient (Wildman–Crippen LogP) is 3.91. The van der Waals surface area contributed by atoms with Gasteiger partial charge in [-0.15, -0.1) is 0 Å². The average Bonchev–Trinajstić information content (AvgIpc) is 2.22. The molecule has 0 bridgehead atoms. The Hall–Kier alpha value is -1.50. The number of benzene rings is 1. The van der Waals surface area contributed by atoms with Crippen molar-refractivity contribution in [3.8, 4) is 0 Å². The van der Waals surface area contributed by atoms with Crippen molar-refractivity contribution in [1.29, 1.82) is 0 Å². The maximum atomic E-state index is 3.70. The number of para-hydroxylation sites is 1. The van der Waals surface area contributed by atoms with Gasteiger partial charge in [-0.1, -0.05) is 51.3 Å². The molecule has 1 rings (SSSR count). The first-order chi connectivity index (χ1) is 6.38. The molecule has 1 nitrogen and oxygen atoms in total. The molecule has 0 aliphatic carbocycles. The van der Waals surface area contributed by atoms with Crippen molar-refractivity contribution in [3.05, 3.63) is 49.2 Å². The Bertz CT molecular complexity index is 264. The minimum absolute atomic E-state index is 1.04. The van der Waals surface area contributed by atoms with Crippen molar-refractivity contribution >= 4 is 11.8 Å². The van der Waals surface area contributed by atoms with E-state index in [9.17, 15) is 0 Å². The molecule has 1 aromatic rings. The topological polar surface area (TPSA) is 12.0 Å². The Morgan fingerprint density at radius 3 is 2.31 bits per heavy atom. The fourth-order valence-corrected chi connectivity index (χ4v) is 0.916. The molecule has 70 valence electrons. The van der Waals surface area contributed by atoms with Gasteiger partial charge in [0.15, 0.2) is 0 Å². The first kappa shape index (κ1) is 11.5. The summed E-state index contributed by atoms with van der Waals surface area (Å²) in [4.78, 5) is 0. The first-order valence-corrected chi connectivity index (χ1v) is 4.47. The lowest BCUT2D eigenvalue weighted by Crippen LogP contribution is -1.88. The van der Waals surface area contributed by atoms with Crippen LogP contribution in [0.1, 0.15) is 19.4 Å². The van der Waals surface area contributed by atoms with Crippen molar-refractivity contribution in [2.24, 2.45) is 0 Å². The fourth-order valence-electron chi connectivity index (χ4n) is 0.916. The summed E-state index contributed by atoms with van der Waals surface area (Å²) in [6, 6.07) is 7.93. The SMILES string of the molecule is C=CNc1ccccc1C=C.CC. The molecule has 0 radical (unpaired) electrons. The first-order valence-electron chi connectivity index (χ1n) is 4.47. The van der Waals surface area contributed by atoms with E-state index in [0.717, 1.165) is 11.3 Å². The second kappa shape index (κ2) is 7.17. The number of nitrogens with one attached hydrogen (secondary N) is 1. The molecule has 0 spiro atoms. The monoisotopic (exact) mass is 175 g/mol. The molecule has 0 saturated carbocycles. The minimum atomic E-state index is 1.04. The normalized spacial score (nSPS) is 7.85. The van der Waals surface area contributed by atoms with E-state index in [1.807, 2.05) is 44.2 Å². The lowest BCUT2D eigenvalue weighted by molar-refractivity contribution is 1.50. The van der Waals surface area contributed by atoms with Crippen molar-refractivity contribution in [3.63, 3.8) is 0 Å². The Balaban J connectivity index is 0.000000671. The quantitative estimate of drug-likeness (QED) is 0.734. The molecule has 0 fully saturated rings. The van der Waals surface area contributed by atoms with Crippen LogP contribution >= 0.6 is 0 Å². The molecule has 1 heteroatoms. The molecule has 0 atom stereocenters. The second-order valence-electron chi connectivity index (χ2n) is 2.14. The summed E-state index contributed by atoms with van der Waals surface area (Å²) in [7, 11) is 0. The van der Waals surface area contributed by atoms with Crippen molar-refractivity contribution in [1.82, 2.24) is 0 Å². The summed E-state index contributed by atoms with van der Waals surface area (Å²) in [6.45, 7) is 11.3. The highest BCUT2D eigenvalue weighted by Gasteiger charge is 1.92. The maximum Gasteiger partial charge on any atom is 0.0452 e. The Morgan fingerprint density at radius 1 is 1.15 bits per heavy atom. The van der Waals surface area contributed by atoms with Crippen LogP contribution in [0.15, 0.2) is 43.6 Å². The van der Waals surface area contributed by atoms with Crippen LogP contribution in [-0.2, 0) is 0 Å². The lowest BCUT2D eigenvalue weighted by Gasteiger charge is -2.03. The van der Waals surface area contributed by atoms with Crippen LogP contribution in [0.25, 0.3) is 6.08 Å². The highest BCUT2D eigenvalue weighted by atomic mass is 14.8. The number of rotatable bonds is 3. The average molecular weight is 175 g/mol. The molecule has 0 aliphatic heterocycles. The molecule has 0 unspecified atom stereocenters. The molecule has 1 N–H and O–H groups in total. The van der Waals surface area contributed by atoms with Gasteiger partial charge in [0.1, 0.15) is 0 Å².